The van der Waals surface area contributed by atoms with Gasteiger partial charge in [-0.05, 0) is 24.6 Å². The lowest BCUT2D eigenvalue weighted by molar-refractivity contribution is -0.637. The van der Waals surface area contributed by atoms with Crippen LogP contribution in [0, 0.1) is 18.3 Å². The third-order valence-electron chi connectivity index (χ3n) is 4.94. The van der Waals surface area contributed by atoms with Crippen LogP contribution in [0.4, 0.5) is 0 Å². The Balaban J connectivity index is 2.00. The number of aromatic nitrogens is 1. The quantitative estimate of drug-likeness (QED) is 0.404. The number of para-hydroxylation sites is 1. The summed E-state index contributed by atoms with van der Waals surface area (Å²) in [6.07, 6.45) is 0. The smallest absolute Gasteiger partial charge is 0.381 e. The van der Waals surface area contributed by atoms with Gasteiger partial charge >= 0.3 is 5.89 Å². The second kappa shape index (κ2) is 5.21. The van der Waals surface area contributed by atoms with Gasteiger partial charge in [0.25, 0.3) is 5.52 Å². The third kappa shape index (κ3) is 1.86. The number of nitrogens with zero attached hydrogens (tertiary/aromatic N) is 2. The maximum Gasteiger partial charge on any atom is 0.381 e. The van der Waals surface area contributed by atoms with Crippen molar-refractivity contribution in [1.82, 2.24) is 0 Å². The number of fused-ring (bicyclic) bond motifs is 5. The Labute approximate surface area is 149 Å². The van der Waals surface area contributed by atoms with Crippen molar-refractivity contribution in [2.45, 2.75) is 6.92 Å². The van der Waals surface area contributed by atoms with E-state index in [9.17, 15) is 5.26 Å². The highest BCUT2D eigenvalue weighted by molar-refractivity contribution is 6.17. The van der Waals surface area contributed by atoms with E-state index in [0.717, 1.165) is 44.5 Å². The predicted octanol–water partition coefficient (Wildman–Crippen LogP) is 5.00. The predicted molar refractivity (Wildman–Crippen MR) is 99.6 cm³/mol. The molecule has 2 heterocycles. The Morgan fingerprint density at radius 2 is 1.73 bits per heavy atom. The van der Waals surface area contributed by atoms with Crippen LogP contribution < -0.4 is 4.57 Å². The summed E-state index contributed by atoms with van der Waals surface area (Å²) in [7, 11) is 1.96. The molecule has 0 N–H and O–H groups in total. The zero-order valence-electron chi connectivity index (χ0n) is 14.4. The van der Waals surface area contributed by atoms with E-state index >= 15 is 0 Å². The highest BCUT2D eigenvalue weighted by Gasteiger charge is 2.27. The summed E-state index contributed by atoms with van der Waals surface area (Å²) in [6, 6.07) is 20.0. The summed E-state index contributed by atoms with van der Waals surface area (Å²) in [5.41, 5.74) is 5.62. The van der Waals surface area contributed by atoms with Crippen LogP contribution in [0.5, 0.6) is 0 Å². The molecular weight excluding hydrogens is 324 g/mol. The highest BCUT2D eigenvalue weighted by Crippen LogP contribution is 2.37. The van der Waals surface area contributed by atoms with E-state index in [2.05, 4.69) is 19.1 Å². The van der Waals surface area contributed by atoms with Crippen LogP contribution >= 0.6 is 0 Å². The maximum absolute atomic E-state index is 9.63. The number of hydrogen-bond acceptors (Lipinski definition) is 3. The molecule has 0 saturated carbocycles. The minimum Gasteiger partial charge on any atom is -0.455 e. The molecule has 2 aromatic heterocycles. The number of nitriles is 1. The zero-order valence-corrected chi connectivity index (χ0v) is 14.4. The number of benzene rings is 3. The summed E-state index contributed by atoms with van der Waals surface area (Å²) < 4.78 is 14.3. The number of rotatable bonds is 1. The molecule has 0 radical (unpaired) electrons. The molecule has 0 amide bonds. The number of aryl methyl sites for hydroxylation is 2. The molecule has 124 valence electrons. The average Bonchev–Trinajstić information content (AvgIpc) is 3.20. The largest absolute Gasteiger partial charge is 0.455 e. The first-order valence-corrected chi connectivity index (χ1v) is 8.42. The molecule has 0 aliphatic rings. The van der Waals surface area contributed by atoms with Crippen LogP contribution in [-0.2, 0) is 7.05 Å². The first-order chi connectivity index (χ1) is 12.7. The number of furan rings is 1. The molecule has 0 bridgehead atoms. The van der Waals surface area contributed by atoms with Crippen LogP contribution in [0.3, 0.4) is 0 Å². The van der Waals surface area contributed by atoms with Gasteiger partial charge in [0.2, 0.25) is 5.58 Å². The zero-order chi connectivity index (χ0) is 17.8. The van der Waals surface area contributed by atoms with Crippen LogP contribution in [0.15, 0.2) is 63.4 Å². The molecule has 0 unspecified atom stereocenters. The summed E-state index contributed by atoms with van der Waals surface area (Å²) >= 11 is 0. The second-order valence-electron chi connectivity index (χ2n) is 6.47. The highest BCUT2D eigenvalue weighted by atomic mass is 16.4. The molecule has 0 saturated heterocycles. The molecule has 0 aliphatic carbocycles. The standard InChI is InChI=1S/C22H15N2O2/c1-13-7-3-4-8-15(13)22-24(2)17-11-14(12-23)20-19(21(17)26-22)16-9-5-6-10-18(16)25-20/h3-11H,1-2H3/q+1. The molecule has 4 heteroatoms. The van der Waals surface area contributed by atoms with E-state index in [1.165, 1.54) is 0 Å². The Kier molecular flexibility index (Phi) is 2.95. The molecule has 0 spiro atoms. The molecule has 5 aromatic rings. The van der Waals surface area contributed by atoms with Crippen LogP contribution in [0.1, 0.15) is 11.1 Å². The third-order valence-corrected chi connectivity index (χ3v) is 4.94. The van der Waals surface area contributed by atoms with Gasteiger partial charge in [0.15, 0.2) is 5.58 Å². The first kappa shape index (κ1) is 14.7. The van der Waals surface area contributed by atoms with Crippen molar-refractivity contribution in [3.05, 3.63) is 65.7 Å². The lowest BCUT2D eigenvalue weighted by atomic mass is 10.1. The van der Waals surface area contributed by atoms with Gasteiger partial charge in [-0.1, -0.05) is 36.4 Å². The van der Waals surface area contributed by atoms with E-state index in [0.29, 0.717) is 11.1 Å². The van der Waals surface area contributed by atoms with Gasteiger partial charge < -0.3 is 8.83 Å². The topological polar surface area (TPSA) is 54.0 Å². The van der Waals surface area contributed by atoms with Crippen molar-refractivity contribution in [3.63, 3.8) is 0 Å². The second-order valence-corrected chi connectivity index (χ2v) is 6.47. The molecule has 0 atom stereocenters. The van der Waals surface area contributed by atoms with Gasteiger partial charge in [-0.3, -0.25) is 0 Å². The monoisotopic (exact) mass is 339 g/mol. The van der Waals surface area contributed by atoms with Crippen LogP contribution in [0.25, 0.3) is 44.5 Å². The molecule has 0 aliphatic heterocycles. The van der Waals surface area contributed by atoms with Gasteiger partial charge in [-0.15, -0.1) is 0 Å². The Morgan fingerprint density at radius 1 is 0.962 bits per heavy atom. The van der Waals surface area contributed by atoms with Crippen LogP contribution in [-0.4, -0.2) is 0 Å². The molecule has 5 rings (SSSR count). The van der Waals surface area contributed by atoms with E-state index < -0.39 is 0 Å². The van der Waals surface area contributed by atoms with Crippen molar-refractivity contribution < 1.29 is 13.4 Å². The molecular formula is C22H15N2O2+. The van der Waals surface area contributed by atoms with Gasteiger partial charge in [0.05, 0.1) is 10.9 Å². The molecule has 3 aromatic carbocycles. The molecule has 0 fully saturated rings. The van der Waals surface area contributed by atoms with Crippen LogP contribution in [0.2, 0.25) is 0 Å². The SMILES string of the molecule is Cc1ccccc1-c1oc2c3c(oc4ccccc43)c(C#N)cc2[n+]1C. The van der Waals surface area contributed by atoms with E-state index in [1.54, 1.807) is 0 Å². The lowest BCUT2D eigenvalue weighted by Crippen LogP contribution is -2.28. The molecule has 26 heavy (non-hydrogen) atoms. The minimum absolute atomic E-state index is 0.511. The summed E-state index contributed by atoms with van der Waals surface area (Å²) in [4.78, 5) is 0. The summed E-state index contributed by atoms with van der Waals surface area (Å²) in [5, 5.41) is 11.4. The summed E-state index contributed by atoms with van der Waals surface area (Å²) in [5.74, 6) is 0.764. The lowest BCUT2D eigenvalue weighted by Gasteiger charge is -1.97. The fraction of sp³-hybridized carbons (Fsp3) is 0.0909. The summed E-state index contributed by atoms with van der Waals surface area (Å²) in [6.45, 7) is 2.06. The van der Waals surface area contributed by atoms with Crippen molar-refractivity contribution in [1.29, 1.82) is 5.26 Å². The van der Waals surface area contributed by atoms with Gasteiger partial charge in [-0.25, -0.2) is 0 Å². The normalized spacial score (nSPS) is 11.4. The fourth-order valence-corrected chi connectivity index (χ4v) is 3.61. The van der Waals surface area contributed by atoms with Crippen molar-refractivity contribution in [3.8, 4) is 17.5 Å². The van der Waals surface area contributed by atoms with Gasteiger partial charge in [0.1, 0.15) is 24.3 Å². The minimum atomic E-state index is 0.511. The fourth-order valence-electron chi connectivity index (χ4n) is 3.61. The Morgan fingerprint density at radius 3 is 2.54 bits per heavy atom. The Bertz CT molecular complexity index is 1370. The average molecular weight is 339 g/mol. The van der Waals surface area contributed by atoms with E-state index in [-0.39, 0.29) is 0 Å². The van der Waals surface area contributed by atoms with Crippen molar-refractivity contribution in [2.24, 2.45) is 7.05 Å². The van der Waals surface area contributed by atoms with E-state index in [4.69, 9.17) is 8.83 Å². The van der Waals surface area contributed by atoms with Crippen molar-refractivity contribution >= 4 is 33.0 Å². The number of oxazole rings is 1. The molecule has 4 nitrogen and oxygen atoms in total. The van der Waals surface area contributed by atoms with Gasteiger partial charge in [-0.2, -0.15) is 9.83 Å². The van der Waals surface area contributed by atoms with Crippen molar-refractivity contribution in [2.75, 3.05) is 0 Å². The maximum atomic E-state index is 9.63. The Hall–Kier alpha value is -3.58. The van der Waals surface area contributed by atoms with Gasteiger partial charge in [0, 0.05) is 11.5 Å². The first-order valence-electron chi connectivity index (χ1n) is 8.42. The number of hydrogen-bond donors (Lipinski definition) is 0. The van der Waals surface area contributed by atoms with E-state index in [1.807, 2.05) is 60.1 Å².